The number of aromatic carboxylic acids is 1. The first-order valence-corrected chi connectivity index (χ1v) is 10.2. The third-order valence-corrected chi connectivity index (χ3v) is 4.45. The maximum Gasteiger partial charge on any atom is 0.337 e. The molecule has 0 radical (unpaired) electrons. The third kappa shape index (κ3) is 13.7. The Bertz CT molecular complexity index is 462. The lowest BCUT2D eigenvalue weighted by molar-refractivity contribution is 0.0698. The molecule has 1 aromatic rings. The number of aryl methyl sites for hydroxylation is 1. The molecule has 0 aliphatic carbocycles. The van der Waals surface area contributed by atoms with Crippen LogP contribution >= 0.6 is 0 Å². The van der Waals surface area contributed by atoms with E-state index in [1.165, 1.54) is 70.6 Å². The van der Waals surface area contributed by atoms with E-state index in [1.807, 2.05) is 6.92 Å². The molecule has 0 spiro atoms. The maximum absolute atomic E-state index is 10.5. The van der Waals surface area contributed by atoms with Gasteiger partial charge in [0.25, 0.3) is 0 Å². The molecule has 0 saturated heterocycles. The van der Waals surface area contributed by atoms with Crippen LogP contribution in [0.4, 0.5) is 5.69 Å². The van der Waals surface area contributed by atoms with Gasteiger partial charge < -0.3 is 15.9 Å². The van der Waals surface area contributed by atoms with Crippen molar-refractivity contribution in [2.75, 3.05) is 12.3 Å². The van der Waals surface area contributed by atoms with E-state index in [4.69, 9.17) is 15.9 Å². The SMILES string of the molecule is CCCCCCCCCCCCCCO.Cc1ccc(N)c(C(=O)O)c1. The molecule has 0 atom stereocenters. The number of carboxylic acid groups (broad SMARTS) is 1. The number of nitrogens with two attached hydrogens (primary N) is 1. The Morgan fingerprint density at radius 1 is 0.885 bits per heavy atom. The summed E-state index contributed by atoms with van der Waals surface area (Å²) >= 11 is 0. The Morgan fingerprint density at radius 3 is 1.73 bits per heavy atom. The van der Waals surface area contributed by atoms with Crippen LogP contribution in [0.2, 0.25) is 0 Å². The number of carbonyl (C=O) groups is 1. The van der Waals surface area contributed by atoms with Crippen LogP contribution in [0.1, 0.15) is 99.9 Å². The predicted octanol–water partition coefficient (Wildman–Crippen LogP) is 5.96. The smallest absolute Gasteiger partial charge is 0.337 e. The maximum atomic E-state index is 10.5. The number of aliphatic hydroxyl groups is 1. The van der Waals surface area contributed by atoms with Crippen molar-refractivity contribution >= 4 is 11.7 Å². The minimum absolute atomic E-state index is 0.171. The number of hydrogen-bond acceptors (Lipinski definition) is 3. The summed E-state index contributed by atoms with van der Waals surface area (Å²) in [6, 6.07) is 4.93. The molecule has 0 saturated carbocycles. The Labute approximate surface area is 159 Å². The molecule has 0 fully saturated rings. The van der Waals surface area contributed by atoms with Gasteiger partial charge in [0.15, 0.2) is 0 Å². The van der Waals surface area contributed by atoms with Crippen LogP contribution in [0.5, 0.6) is 0 Å². The van der Waals surface area contributed by atoms with E-state index in [2.05, 4.69) is 6.92 Å². The molecule has 0 heterocycles. The van der Waals surface area contributed by atoms with Gasteiger partial charge in [-0.05, 0) is 25.5 Å². The van der Waals surface area contributed by atoms with E-state index < -0.39 is 5.97 Å². The monoisotopic (exact) mass is 365 g/mol. The fourth-order valence-corrected chi connectivity index (χ4v) is 2.81. The highest BCUT2D eigenvalue weighted by atomic mass is 16.4. The molecule has 0 unspecified atom stereocenters. The van der Waals surface area contributed by atoms with E-state index >= 15 is 0 Å². The van der Waals surface area contributed by atoms with Gasteiger partial charge in [-0.1, -0.05) is 89.2 Å². The number of aliphatic hydroxyl groups excluding tert-OH is 1. The van der Waals surface area contributed by atoms with Crippen LogP contribution in [0, 0.1) is 6.92 Å². The van der Waals surface area contributed by atoms with Crippen LogP contribution in [0.25, 0.3) is 0 Å². The van der Waals surface area contributed by atoms with E-state index in [1.54, 1.807) is 18.2 Å². The highest BCUT2D eigenvalue weighted by Crippen LogP contribution is 2.13. The highest BCUT2D eigenvalue weighted by molar-refractivity contribution is 5.93. The number of rotatable bonds is 13. The molecule has 150 valence electrons. The van der Waals surface area contributed by atoms with Gasteiger partial charge in [-0.15, -0.1) is 0 Å². The predicted molar refractivity (Wildman–Crippen MR) is 111 cm³/mol. The highest BCUT2D eigenvalue weighted by Gasteiger charge is 2.06. The zero-order chi connectivity index (χ0) is 19.6. The van der Waals surface area contributed by atoms with Gasteiger partial charge in [-0.25, -0.2) is 4.79 Å². The van der Waals surface area contributed by atoms with Crippen molar-refractivity contribution in [3.05, 3.63) is 29.3 Å². The van der Waals surface area contributed by atoms with Crippen molar-refractivity contribution in [2.45, 2.75) is 90.9 Å². The second-order valence-electron chi connectivity index (χ2n) is 7.01. The number of benzene rings is 1. The van der Waals surface area contributed by atoms with Gasteiger partial charge in [0.05, 0.1) is 5.56 Å². The summed E-state index contributed by atoms with van der Waals surface area (Å²) in [5.41, 5.74) is 6.79. The van der Waals surface area contributed by atoms with Crippen molar-refractivity contribution in [2.24, 2.45) is 0 Å². The topological polar surface area (TPSA) is 83.5 Å². The average Bonchev–Trinajstić information content (AvgIpc) is 2.62. The number of anilines is 1. The Morgan fingerprint density at radius 2 is 1.35 bits per heavy atom. The molecule has 0 bridgehead atoms. The number of nitrogen functional groups attached to an aromatic ring is 1. The van der Waals surface area contributed by atoms with E-state index in [-0.39, 0.29) is 5.56 Å². The Hall–Kier alpha value is -1.55. The molecule has 4 nitrogen and oxygen atoms in total. The summed E-state index contributed by atoms with van der Waals surface area (Å²) in [6.45, 7) is 4.47. The molecule has 0 aliphatic rings. The largest absolute Gasteiger partial charge is 0.478 e. The lowest BCUT2D eigenvalue weighted by atomic mass is 10.1. The van der Waals surface area contributed by atoms with Gasteiger partial charge in [-0.3, -0.25) is 0 Å². The summed E-state index contributed by atoms with van der Waals surface area (Å²) in [5.74, 6) is -0.980. The van der Waals surface area contributed by atoms with Gasteiger partial charge in [0, 0.05) is 12.3 Å². The summed E-state index contributed by atoms with van der Waals surface area (Å²) in [6.07, 6.45) is 16.2. The van der Waals surface area contributed by atoms with E-state index in [0.717, 1.165) is 12.0 Å². The first-order valence-electron chi connectivity index (χ1n) is 10.2. The Balaban J connectivity index is 0.000000502. The second-order valence-corrected chi connectivity index (χ2v) is 7.01. The molecule has 1 rings (SSSR count). The molecule has 4 N–H and O–H groups in total. The van der Waals surface area contributed by atoms with Crippen molar-refractivity contribution in [1.82, 2.24) is 0 Å². The number of carboxylic acids is 1. The first kappa shape index (κ1) is 24.5. The fraction of sp³-hybridized carbons (Fsp3) is 0.682. The summed E-state index contributed by atoms with van der Waals surface area (Å²) in [5, 5.41) is 17.2. The van der Waals surface area contributed by atoms with Gasteiger partial charge >= 0.3 is 5.97 Å². The van der Waals surface area contributed by atoms with Crippen LogP contribution in [-0.4, -0.2) is 22.8 Å². The van der Waals surface area contributed by atoms with Crippen molar-refractivity contribution in [1.29, 1.82) is 0 Å². The molecule has 4 heteroatoms. The van der Waals surface area contributed by atoms with Crippen LogP contribution in [-0.2, 0) is 0 Å². The quantitative estimate of drug-likeness (QED) is 0.298. The zero-order valence-corrected chi connectivity index (χ0v) is 16.8. The molecule has 0 amide bonds. The molecule has 1 aromatic carbocycles. The van der Waals surface area contributed by atoms with Gasteiger partial charge in [0.1, 0.15) is 0 Å². The molecule has 26 heavy (non-hydrogen) atoms. The average molecular weight is 366 g/mol. The normalized spacial score (nSPS) is 10.3. The van der Waals surface area contributed by atoms with E-state index in [9.17, 15) is 4.79 Å². The zero-order valence-electron chi connectivity index (χ0n) is 16.8. The number of unbranched alkanes of at least 4 members (excludes halogenated alkanes) is 11. The van der Waals surface area contributed by atoms with Crippen molar-refractivity contribution in [3.63, 3.8) is 0 Å². The van der Waals surface area contributed by atoms with E-state index in [0.29, 0.717) is 12.3 Å². The molecular weight excluding hydrogens is 326 g/mol. The Kier molecular flexibility index (Phi) is 15.9. The first-order chi connectivity index (χ1) is 12.5. The summed E-state index contributed by atoms with van der Waals surface area (Å²) in [4.78, 5) is 10.5. The summed E-state index contributed by atoms with van der Waals surface area (Å²) in [7, 11) is 0. The third-order valence-electron chi connectivity index (χ3n) is 4.45. The molecule has 0 aliphatic heterocycles. The summed E-state index contributed by atoms with van der Waals surface area (Å²) < 4.78 is 0. The van der Waals surface area contributed by atoms with Crippen LogP contribution in [0.15, 0.2) is 18.2 Å². The number of hydrogen-bond donors (Lipinski definition) is 3. The van der Waals surface area contributed by atoms with Gasteiger partial charge in [-0.2, -0.15) is 0 Å². The van der Waals surface area contributed by atoms with Crippen molar-refractivity contribution < 1.29 is 15.0 Å². The standard InChI is InChI=1S/C14H30O.C8H9NO2/c1-2-3-4-5-6-7-8-9-10-11-12-13-14-15;1-5-2-3-7(9)6(4-5)8(10)11/h15H,2-14H2,1H3;2-4H,9H2,1H3,(H,10,11). The minimum atomic E-state index is -0.980. The van der Waals surface area contributed by atoms with Crippen LogP contribution < -0.4 is 5.73 Å². The lowest BCUT2D eigenvalue weighted by Gasteiger charge is -2.01. The molecule has 0 aromatic heterocycles. The van der Waals surface area contributed by atoms with Gasteiger partial charge in [0.2, 0.25) is 0 Å². The fourth-order valence-electron chi connectivity index (χ4n) is 2.81. The lowest BCUT2D eigenvalue weighted by Crippen LogP contribution is -2.02. The van der Waals surface area contributed by atoms with Crippen molar-refractivity contribution in [3.8, 4) is 0 Å². The minimum Gasteiger partial charge on any atom is -0.478 e. The van der Waals surface area contributed by atoms with Crippen LogP contribution in [0.3, 0.4) is 0 Å². The molecular formula is C22H39NO3. The second kappa shape index (κ2) is 16.9.